The Morgan fingerprint density at radius 1 is 1.13 bits per heavy atom. The Labute approximate surface area is 178 Å². The lowest BCUT2D eigenvalue weighted by Crippen LogP contribution is -2.29. The van der Waals surface area contributed by atoms with Crippen molar-refractivity contribution in [2.75, 3.05) is 0 Å². The number of thiazole rings is 1. The topological polar surface area (TPSA) is 76.9 Å². The Bertz CT molecular complexity index is 1250. The molecule has 0 aliphatic carbocycles. The van der Waals surface area contributed by atoms with Crippen LogP contribution in [0.15, 0.2) is 65.7 Å². The summed E-state index contributed by atoms with van der Waals surface area (Å²) in [6.07, 6.45) is 1.70. The smallest absolute Gasteiger partial charge is 0.261 e. The van der Waals surface area contributed by atoms with Crippen molar-refractivity contribution in [3.8, 4) is 10.6 Å². The number of rotatable bonds is 6. The van der Waals surface area contributed by atoms with Crippen LogP contribution < -0.4 is 10.9 Å². The van der Waals surface area contributed by atoms with E-state index in [-0.39, 0.29) is 30.5 Å². The average molecular weight is 419 g/mol. The van der Waals surface area contributed by atoms with Crippen LogP contribution in [0, 0.1) is 6.92 Å². The second-order valence-corrected chi connectivity index (χ2v) is 8.16. The fourth-order valence-corrected chi connectivity index (χ4v) is 4.45. The molecule has 2 aromatic carbocycles. The third-order valence-corrected chi connectivity index (χ3v) is 6.32. The van der Waals surface area contributed by atoms with Gasteiger partial charge in [-0.05, 0) is 26.0 Å². The second-order valence-electron chi connectivity index (χ2n) is 7.13. The number of aryl methyl sites for hydroxylation is 2. The number of carbonyl (C=O) groups is 1. The van der Waals surface area contributed by atoms with Gasteiger partial charge in [0.05, 0.1) is 33.8 Å². The summed E-state index contributed by atoms with van der Waals surface area (Å²) in [6, 6.07) is 17.1. The van der Waals surface area contributed by atoms with Gasteiger partial charge in [-0.15, -0.1) is 11.3 Å². The molecule has 0 bridgehead atoms. The van der Waals surface area contributed by atoms with Gasteiger partial charge in [0.1, 0.15) is 5.01 Å². The zero-order chi connectivity index (χ0) is 21.1. The highest BCUT2D eigenvalue weighted by molar-refractivity contribution is 7.15. The highest BCUT2D eigenvalue weighted by Crippen LogP contribution is 2.31. The molecule has 0 saturated carbocycles. The van der Waals surface area contributed by atoms with E-state index in [1.807, 2.05) is 56.3 Å². The van der Waals surface area contributed by atoms with Crippen LogP contribution >= 0.6 is 11.3 Å². The first-order valence-corrected chi connectivity index (χ1v) is 10.6. The fourth-order valence-electron chi connectivity index (χ4n) is 3.38. The first-order chi connectivity index (χ1) is 14.5. The summed E-state index contributed by atoms with van der Waals surface area (Å²) in [5, 5.41) is 4.52. The fraction of sp³-hybridized carbons (Fsp3) is 0.217. The Balaban J connectivity index is 1.42. The van der Waals surface area contributed by atoms with Crippen molar-refractivity contribution in [3.63, 3.8) is 0 Å². The van der Waals surface area contributed by atoms with Gasteiger partial charge in [-0.3, -0.25) is 14.2 Å². The van der Waals surface area contributed by atoms with E-state index in [0.717, 1.165) is 21.1 Å². The number of carbonyl (C=O) groups excluding carboxylic acids is 1. The molecule has 1 amide bonds. The largest absolute Gasteiger partial charge is 0.349 e. The van der Waals surface area contributed by atoms with Gasteiger partial charge in [0.2, 0.25) is 5.91 Å². The van der Waals surface area contributed by atoms with E-state index in [4.69, 9.17) is 0 Å². The maximum absolute atomic E-state index is 12.6. The van der Waals surface area contributed by atoms with E-state index in [1.54, 1.807) is 23.5 Å². The first kappa shape index (κ1) is 20.0. The quantitative estimate of drug-likeness (QED) is 0.512. The lowest BCUT2D eigenvalue weighted by molar-refractivity contribution is -0.121. The normalized spacial score (nSPS) is 12.1. The minimum absolute atomic E-state index is 0.114. The molecule has 4 rings (SSSR count). The minimum Gasteiger partial charge on any atom is -0.349 e. The Morgan fingerprint density at radius 2 is 1.87 bits per heavy atom. The third-order valence-electron chi connectivity index (χ3n) is 4.94. The van der Waals surface area contributed by atoms with Crippen LogP contribution in [0.2, 0.25) is 0 Å². The van der Waals surface area contributed by atoms with Crippen LogP contribution in [0.3, 0.4) is 0 Å². The molecule has 2 aromatic heterocycles. The third kappa shape index (κ3) is 4.16. The molecule has 152 valence electrons. The molecular formula is C23H22N4O2S. The van der Waals surface area contributed by atoms with Gasteiger partial charge >= 0.3 is 0 Å². The Kier molecular flexibility index (Phi) is 5.72. The summed E-state index contributed by atoms with van der Waals surface area (Å²) in [7, 11) is 0. The zero-order valence-electron chi connectivity index (χ0n) is 16.8. The summed E-state index contributed by atoms with van der Waals surface area (Å²) >= 11 is 1.59. The van der Waals surface area contributed by atoms with Crippen LogP contribution in [-0.2, 0) is 11.3 Å². The monoisotopic (exact) mass is 418 g/mol. The summed E-state index contributed by atoms with van der Waals surface area (Å²) in [5.41, 5.74) is 2.51. The van der Waals surface area contributed by atoms with Gasteiger partial charge < -0.3 is 5.32 Å². The number of nitrogens with one attached hydrogen (secondary N) is 1. The van der Waals surface area contributed by atoms with Crippen LogP contribution in [0.1, 0.15) is 30.0 Å². The molecule has 2 heterocycles. The molecule has 6 nitrogen and oxygen atoms in total. The van der Waals surface area contributed by atoms with Crippen LogP contribution in [0.5, 0.6) is 0 Å². The molecular weight excluding hydrogens is 396 g/mol. The minimum atomic E-state index is -0.154. The lowest BCUT2D eigenvalue weighted by Gasteiger charge is -2.13. The molecule has 1 atom stereocenters. The maximum Gasteiger partial charge on any atom is 0.261 e. The van der Waals surface area contributed by atoms with Gasteiger partial charge in [0, 0.05) is 18.5 Å². The van der Waals surface area contributed by atoms with E-state index in [0.29, 0.717) is 10.9 Å². The number of hydrogen-bond donors (Lipinski definition) is 1. The van der Waals surface area contributed by atoms with Crippen LogP contribution in [0.4, 0.5) is 0 Å². The molecule has 0 saturated heterocycles. The van der Waals surface area contributed by atoms with Crippen LogP contribution in [-0.4, -0.2) is 20.4 Å². The van der Waals surface area contributed by atoms with Crippen molar-refractivity contribution in [3.05, 3.63) is 81.8 Å². The Morgan fingerprint density at radius 3 is 2.67 bits per heavy atom. The molecule has 0 aliphatic heterocycles. The number of benzene rings is 2. The van der Waals surface area contributed by atoms with Gasteiger partial charge in [0.25, 0.3) is 5.56 Å². The maximum atomic E-state index is 12.6. The van der Waals surface area contributed by atoms with Gasteiger partial charge in [0.15, 0.2) is 0 Å². The first-order valence-electron chi connectivity index (χ1n) is 9.79. The second kappa shape index (κ2) is 8.59. The molecule has 1 N–H and O–H groups in total. The number of para-hydroxylation sites is 1. The SMILES string of the molecule is Cc1nc(-c2ccccc2)sc1C(C)NC(=O)CCn1cnc2ccccc2c1=O. The van der Waals surface area contributed by atoms with Crippen molar-refractivity contribution in [1.29, 1.82) is 0 Å². The van der Waals surface area contributed by atoms with Crippen molar-refractivity contribution in [2.24, 2.45) is 0 Å². The van der Waals surface area contributed by atoms with E-state index in [9.17, 15) is 9.59 Å². The lowest BCUT2D eigenvalue weighted by atomic mass is 10.2. The van der Waals surface area contributed by atoms with E-state index < -0.39 is 0 Å². The number of hydrogen-bond acceptors (Lipinski definition) is 5. The molecule has 4 aromatic rings. The summed E-state index contributed by atoms with van der Waals surface area (Å²) in [6.45, 7) is 4.20. The number of fused-ring (bicyclic) bond motifs is 1. The predicted molar refractivity (Wildman–Crippen MR) is 119 cm³/mol. The highest BCUT2D eigenvalue weighted by atomic mass is 32.1. The van der Waals surface area contributed by atoms with Gasteiger partial charge in [-0.2, -0.15) is 0 Å². The number of nitrogens with zero attached hydrogens (tertiary/aromatic N) is 3. The molecule has 1 unspecified atom stereocenters. The molecule has 0 spiro atoms. The highest BCUT2D eigenvalue weighted by Gasteiger charge is 2.17. The van der Waals surface area contributed by atoms with Gasteiger partial charge in [-0.25, -0.2) is 9.97 Å². The van der Waals surface area contributed by atoms with Crippen molar-refractivity contribution in [1.82, 2.24) is 19.9 Å². The van der Waals surface area contributed by atoms with Crippen molar-refractivity contribution in [2.45, 2.75) is 32.9 Å². The molecule has 30 heavy (non-hydrogen) atoms. The van der Waals surface area contributed by atoms with Crippen molar-refractivity contribution < 1.29 is 4.79 Å². The molecule has 0 aliphatic rings. The van der Waals surface area contributed by atoms with E-state index in [1.165, 1.54) is 10.9 Å². The Hall–Kier alpha value is -3.32. The number of aromatic nitrogens is 3. The molecule has 0 fully saturated rings. The van der Waals surface area contributed by atoms with Gasteiger partial charge in [-0.1, -0.05) is 42.5 Å². The molecule has 7 heteroatoms. The standard InChI is InChI=1S/C23H22N4O2S/c1-15(21-16(2)26-22(30-21)17-8-4-3-5-9-17)25-20(28)12-13-27-14-24-19-11-7-6-10-18(19)23(27)29/h3-11,14-15H,12-13H2,1-2H3,(H,25,28). The summed E-state index contributed by atoms with van der Waals surface area (Å²) in [4.78, 5) is 35.0. The summed E-state index contributed by atoms with van der Waals surface area (Å²) in [5.74, 6) is -0.114. The average Bonchev–Trinajstić information content (AvgIpc) is 3.16. The zero-order valence-corrected chi connectivity index (χ0v) is 17.6. The van der Waals surface area contributed by atoms with Crippen LogP contribution in [0.25, 0.3) is 21.5 Å². The van der Waals surface area contributed by atoms with Crippen molar-refractivity contribution >= 4 is 28.1 Å². The molecule has 0 radical (unpaired) electrons. The van der Waals surface area contributed by atoms with E-state index >= 15 is 0 Å². The number of amides is 1. The predicted octanol–water partition coefficient (Wildman–Crippen LogP) is 4.10. The van der Waals surface area contributed by atoms with E-state index in [2.05, 4.69) is 15.3 Å². The summed E-state index contributed by atoms with van der Waals surface area (Å²) < 4.78 is 1.48.